The Kier molecular flexibility index (Phi) is 6.32. The Morgan fingerprint density at radius 1 is 1.10 bits per heavy atom. The number of amides is 1. The van der Waals surface area contributed by atoms with Gasteiger partial charge in [-0.2, -0.15) is 13.2 Å². The minimum atomic E-state index is -4.89. The van der Waals surface area contributed by atoms with E-state index in [0.717, 1.165) is 40.4 Å². The molecule has 4 nitrogen and oxygen atoms in total. The molecule has 0 radical (unpaired) electrons. The maximum Gasteiger partial charge on any atom is 0.471 e. The molecular formula is C23H25ClF3N3O. The Hall–Kier alpha value is -2.41. The van der Waals surface area contributed by atoms with Crippen LogP contribution in [0.3, 0.4) is 0 Å². The van der Waals surface area contributed by atoms with Crippen molar-refractivity contribution in [1.82, 2.24) is 4.90 Å². The number of hydrogen-bond acceptors (Lipinski definition) is 3. The van der Waals surface area contributed by atoms with Crippen LogP contribution in [-0.2, 0) is 17.8 Å². The number of anilines is 2. The number of benzene rings is 2. The Balaban J connectivity index is 1.49. The third-order valence-electron chi connectivity index (χ3n) is 5.96. The fourth-order valence-electron chi connectivity index (χ4n) is 4.37. The topological polar surface area (TPSA) is 35.6 Å². The van der Waals surface area contributed by atoms with Crippen LogP contribution in [0.15, 0.2) is 42.5 Å². The number of alkyl halides is 4. The predicted molar refractivity (Wildman–Crippen MR) is 117 cm³/mol. The van der Waals surface area contributed by atoms with Gasteiger partial charge in [-0.25, -0.2) is 0 Å². The van der Waals surface area contributed by atoms with Gasteiger partial charge in [-0.05, 0) is 54.2 Å². The van der Waals surface area contributed by atoms with Gasteiger partial charge in [0, 0.05) is 44.1 Å². The van der Waals surface area contributed by atoms with Gasteiger partial charge in [0.15, 0.2) is 0 Å². The first-order chi connectivity index (χ1) is 14.8. The molecule has 166 valence electrons. The van der Waals surface area contributed by atoms with E-state index in [9.17, 15) is 18.0 Å². The van der Waals surface area contributed by atoms with E-state index < -0.39 is 17.5 Å². The van der Waals surface area contributed by atoms with Crippen molar-refractivity contribution in [1.29, 1.82) is 0 Å². The van der Waals surface area contributed by atoms with Crippen LogP contribution in [0.1, 0.15) is 34.9 Å². The first-order valence-corrected chi connectivity index (χ1v) is 11.0. The van der Waals surface area contributed by atoms with Gasteiger partial charge < -0.3 is 15.1 Å². The monoisotopic (exact) mass is 451 g/mol. The van der Waals surface area contributed by atoms with Crippen LogP contribution in [0.25, 0.3) is 0 Å². The van der Waals surface area contributed by atoms with Crippen LogP contribution < -0.4 is 10.2 Å². The van der Waals surface area contributed by atoms with Crippen molar-refractivity contribution < 1.29 is 18.0 Å². The number of nitrogens with zero attached hydrogens (tertiary/aromatic N) is 2. The average Bonchev–Trinajstić information content (AvgIpc) is 3.23. The molecule has 2 aliphatic rings. The molecule has 1 N–H and O–H groups in total. The van der Waals surface area contributed by atoms with Crippen LogP contribution in [0, 0.1) is 0 Å². The SMILES string of the molecule is O=C(N1CCc2c(NCc3cccc(N4CCCC4)c3)cccc2C(Cl)C1)C(F)(F)F. The van der Waals surface area contributed by atoms with E-state index in [4.69, 9.17) is 11.6 Å². The molecule has 0 aromatic heterocycles. The van der Waals surface area contributed by atoms with E-state index in [1.807, 2.05) is 24.3 Å². The van der Waals surface area contributed by atoms with Crippen molar-refractivity contribution in [3.63, 3.8) is 0 Å². The summed E-state index contributed by atoms with van der Waals surface area (Å²) >= 11 is 6.43. The lowest BCUT2D eigenvalue weighted by atomic mass is 10.0. The highest BCUT2D eigenvalue weighted by Gasteiger charge is 2.43. The molecule has 1 atom stereocenters. The number of nitrogens with one attached hydrogen (secondary N) is 1. The Morgan fingerprint density at radius 2 is 1.84 bits per heavy atom. The Bertz CT molecular complexity index is 944. The summed E-state index contributed by atoms with van der Waals surface area (Å²) in [5.41, 5.74) is 4.83. The zero-order valence-corrected chi connectivity index (χ0v) is 17.8. The van der Waals surface area contributed by atoms with Crippen LogP contribution in [-0.4, -0.2) is 43.2 Å². The molecule has 2 aromatic rings. The molecule has 1 fully saturated rings. The third-order valence-corrected chi connectivity index (χ3v) is 6.33. The summed E-state index contributed by atoms with van der Waals surface area (Å²) in [6, 6.07) is 14.0. The van der Waals surface area contributed by atoms with Gasteiger partial charge in [0.05, 0.1) is 5.38 Å². The molecule has 2 heterocycles. The van der Waals surface area contributed by atoms with Gasteiger partial charge in [0.25, 0.3) is 0 Å². The molecule has 0 aliphatic carbocycles. The molecule has 1 saturated heterocycles. The second-order valence-electron chi connectivity index (χ2n) is 8.06. The fraction of sp³-hybridized carbons (Fsp3) is 0.435. The lowest BCUT2D eigenvalue weighted by Crippen LogP contribution is -2.42. The molecule has 4 rings (SSSR count). The highest BCUT2D eigenvalue weighted by atomic mass is 35.5. The highest BCUT2D eigenvalue weighted by Crippen LogP contribution is 2.34. The zero-order valence-electron chi connectivity index (χ0n) is 17.1. The Labute approximate surface area is 185 Å². The maximum atomic E-state index is 12.9. The van der Waals surface area contributed by atoms with E-state index in [0.29, 0.717) is 13.0 Å². The molecule has 0 saturated carbocycles. The zero-order chi connectivity index (χ0) is 22.0. The number of carbonyl (C=O) groups is 1. The standard InChI is InChI=1S/C23H25ClF3N3O/c24-20-15-30(22(31)23(25,26)27)12-9-19-18(20)7-4-8-21(19)28-14-16-5-3-6-17(13-16)29-10-1-2-11-29/h3-8,13,20,28H,1-2,9-12,14-15H2. The number of fused-ring (bicyclic) bond motifs is 1. The van der Waals surface area contributed by atoms with Crippen molar-refractivity contribution in [3.05, 3.63) is 59.2 Å². The molecule has 1 unspecified atom stereocenters. The first kappa shape index (κ1) is 21.8. The average molecular weight is 452 g/mol. The van der Waals surface area contributed by atoms with Gasteiger partial charge in [-0.1, -0.05) is 24.3 Å². The van der Waals surface area contributed by atoms with E-state index in [-0.39, 0.29) is 13.1 Å². The van der Waals surface area contributed by atoms with E-state index in [2.05, 4.69) is 28.4 Å². The molecule has 2 aliphatic heterocycles. The summed E-state index contributed by atoms with van der Waals surface area (Å²) < 4.78 is 38.7. The molecular weight excluding hydrogens is 427 g/mol. The number of carbonyl (C=O) groups excluding carboxylic acids is 1. The summed E-state index contributed by atoms with van der Waals surface area (Å²) in [5.74, 6) is -1.83. The van der Waals surface area contributed by atoms with Gasteiger partial charge in [0.1, 0.15) is 0 Å². The van der Waals surface area contributed by atoms with Crippen LogP contribution in [0.5, 0.6) is 0 Å². The van der Waals surface area contributed by atoms with Crippen molar-refractivity contribution in [2.75, 3.05) is 36.4 Å². The minimum Gasteiger partial charge on any atom is -0.381 e. The van der Waals surface area contributed by atoms with Gasteiger partial charge in [0.2, 0.25) is 0 Å². The van der Waals surface area contributed by atoms with E-state index >= 15 is 0 Å². The predicted octanol–water partition coefficient (Wildman–Crippen LogP) is 5.13. The summed E-state index contributed by atoms with van der Waals surface area (Å²) in [6.07, 6.45) is -2.15. The molecule has 2 aromatic carbocycles. The second kappa shape index (κ2) is 8.99. The molecule has 1 amide bonds. The highest BCUT2D eigenvalue weighted by molar-refractivity contribution is 6.21. The molecule has 8 heteroatoms. The Morgan fingerprint density at radius 3 is 2.58 bits per heavy atom. The number of halogens is 4. The van der Waals surface area contributed by atoms with Gasteiger partial charge in [-0.3, -0.25) is 4.79 Å². The number of hydrogen-bond donors (Lipinski definition) is 1. The van der Waals surface area contributed by atoms with Crippen LogP contribution in [0.4, 0.5) is 24.5 Å². The van der Waals surface area contributed by atoms with Crippen molar-refractivity contribution >= 4 is 28.9 Å². The summed E-state index contributed by atoms with van der Waals surface area (Å²) in [4.78, 5) is 14.9. The van der Waals surface area contributed by atoms with Gasteiger partial charge in [-0.15, -0.1) is 11.6 Å². The summed E-state index contributed by atoms with van der Waals surface area (Å²) in [7, 11) is 0. The normalized spacial score (nSPS) is 19.2. The number of rotatable bonds is 4. The maximum absolute atomic E-state index is 12.9. The van der Waals surface area contributed by atoms with Crippen molar-refractivity contribution in [2.24, 2.45) is 0 Å². The van der Waals surface area contributed by atoms with Crippen LogP contribution >= 0.6 is 11.6 Å². The fourth-order valence-corrected chi connectivity index (χ4v) is 4.74. The smallest absolute Gasteiger partial charge is 0.381 e. The summed E-state index contributed by atoms with van der Waals surface area (Å²) in [5, 5.41) is 2.74. The first-order valence-electron chi connectivity index (χ1n) is 10.5. The van der Waals surface area contributed by atoms with Crippen molar-refractivity contribution in [3.8, 4) is 0 Å². The third kappa shape index (κ3) is 4.92. The van der Waals surface area contributed by atoms with E-state index in [1.54, 1.807) is 0 Å². The van der Waals surface area contributed by atoms with E-state index in [1.165, 1.54) is 18.5 Å². The molecule has 0 spiro atoms. The molecule has 31 heavy (non-hydrogen) atoms. The largest absolute Gasteiger partial charge is 0.471 e. The van der Waals surface area contributed by atoms with Gasteiger partial charge >= 0.3 is 12.1 Å². The van der Waals surface area contributed by atoms with Crippen molar-refractivity contribution in [2.45, 2.75) is 37.4 Å². The second-order valence-corrected chi connectivity index (χ2v) is 8.58. The van der Waals surface area contributed by atoms with Crippen LogP contribution in [0.2, 0.25) is 0 Å². The summed E-state index contributed by atoms with van der Waals surface area (Å²) in [6.45, 7) is 2.57. The lowest BCUT2D eigenvalue weighted by Gasteiger charge is -2.23. The molecule has 0 bridgehead atoms. The lowest BCUT2D eigenvalue weighted by molar-refractivity contribution is -0.185. The quantitative estimate of drug-likeness (QED) is 0.655. The minimum absolute atomic E-state index is 0.0162.